The van der Waals surface area contributed by atoms with Gasteiger partial charge in [-0.15, -0.1) is 13.2 Å². The Hall–Kier alpha value is -1.23. The highest BCUT2D eigenvalue weighted by molar-refractivity contribution is 5.27. The Kier molecular flexibility index (Phi) is 4.11. The van der Waals surface area contributed by atoms with Gasteiger partial charge in [-0.05, 0) is 42.9 Å². The van der Waals surface area contributed by atoms with Crippen LogP contribution in [0.3, 0.4) is 0 Å². The molecule has 2 nitrogen and oxygen atoms in total. The zero-order chi connectivity index (χ0) is 13.0. The molecule has 0 unspecified atom stereocenters. The van der Waals surface area contributed by atoms with E-state index >= 15 is 0 Å². The van der Waals surface area contributed by atoms with Crippen LogP contribution in [0.15, 0.2) is 24.3 Å². The van der Waals surface area contributed by atoms with Gasteiger partial charge in [0, 0.05) is 13.1 Å². The highest BCUT2D eigenvalue weighted by atomic mass is 19.4. The summed E-state index contributed by atoms with van der Waals surface area (Å²) in [6.45, 7) is 1.81. The molecule has 1 aromatic rings. The van der Waals surface area contributed by atoms with Gasteiger partial charge in [-0.2, -0.15) is 0 Å². The fourth-order valence-electron chi connectivity index (χ4n) is 2.17. The minimum absolute atomic E-state index is 0.162. The van der Waals surface area contributed by atoms with Gasteiger partial charge in [-0.25, -0.2) is 5.32 Å². The smallest absolute Gasteiger partial charge is 0.406 e. The van der Waals surface area contributed by atoms with Crippen molar-refractivity contribution in [3.05, 3.63) is 29.8 Å². The normalized spacial score (nSPS) is 17.7. The number of alkyl halides is 3. The maximum atomic E-state index is 12.0. The molecule has 99 valence electrons. The molecule has 1 aliphatic rings. The van der Waals surface area contributed by atoms with Crippen molar-refractivity contribution in [1.29, 1.82) is 0 Å². The first-order valence-corrected chi connectivity index (χ1v) is 6.01. The van der Waals surface area contributed by atoms with Gasteiger partial charge >= 0.3 is 6.36 Å². The summed E-state index contributed by atoms with van der Waals surface area (Å²) in [6, 6.07) is 6.14. The Morgan fingerprint density at radius 1 is 1.11 bits per heavy atom. The van der Waals surface area contributed by atoms with Crippen LogP contribution in [-0.2, 0) is 6.42 Å². The van der Waals surface area contributed by atoms with Crippen molar-refractivity contribution in [3.63, 3.8) is 0 Å². The average molecular weight is 258 g/mol. The first-order valence-electron chi connectivity index (χ1n) is 6.01. The molecule has 0 saturated carbocycles. The lowest BCUT2D eigenvalue weighted by molar-refractivity contribution is -0.274. The molecule has 1 heterocycles. The van der Waals surface area contributed by atoms with Crippen molar-refractivity contribution in [2.24, 2.45) is 5.92 Å². The highest BCUT2D eigenvalue weighted by Crippen LogP contribution is 2.24. The molecule has 1 aliphatic heterocycles. The lowest BCUT2D eigenvalue weighted by Crippen LogP contribution is -2.23. The summed E-state index contributed by atoms with van der Waals surface area (Å²) >= 11 is 0. The number of hydrogen-bond acceptors (Lipinski definition) is 1. The lowest BCUT2D eigenvalue weighted by Gasteiger charge is -2.21. The molecule has 0 aromatic heterocycles. The van der Waals surface area contributed by atoms with E-state index in [9.17, 15) is 13.2 Å². The van der Waals surface area contributed by atoms with E-state index in [1.165, 1.54) is 12.1 Å². The molecule has 18 heavy (non-hydrogen) atoms. The maximum absolute atomic E-state index is 12.0. The number of nitrogens with zero attached hydrogens (tertiary/aromatic N) is 1. The molecule has 0 aliphatic carbocycles. The molecular formula is C13H15F3NO. The lowest BCUT2D eigenvalue weighted by atomic mass is 9.91. The molecule has 0 spiro atoms. The molecule has 0 amide bonds. The van der Waals surface area contributed by atoms with Crippen LogP contribution in [0.1, 0.15) is 18.4 Å². The van der Waals surface area contributed by atoms with Crippen molar-refractivity contribution < 1.29 is 17.9 Å². The SMILES string of the molecule is FC(F)(F)Oc1ccc(CC2CC[N]CC2)cc1. The van der Waals surface area contributed by atoms with Gasteiger partial charge in [0.15, 0.2) is 0 Å². The summed E-state index contributed by atoms with van der Waals surface area (Å²) in [7, 11) is 0. The van der Waals surface area contributed by atoms with E-state index in [2.05, 4.69) is 10.1 Å². The molecule has 1 fully saturated rings. The van der Waals surface area contributed by atoms with Crippen LogP contribution in [0.4, 0.5) is 13.2 Å². The zero-order valence-corrected chi connectivity index (χ0v) is 9.91. The minimum atomic E-state index is -4.62. The van der Waals surface area contributed by atoms with Crippen molar-refractivity contribution >= 4 is 0 Å². The molecule has 1 radical (unpaired) electrons. The second-order valence-corrected chi connectivity index (χ2v) is 4.51. The third kappa shape index (κ3) is 4.22. The van der Waals surface area contributed by atoms with Crippen LogP contribution in [0.2, 0.25) is 0 Å². The van der Waals surface area contributed by atoms with Crippen molar-refractivity contribution in [3.8, 4) is 5.75 Å². The van der Waals surface area contributed by atoms with E-state index in [0.717, 1.165) is 37.9 Å². The van der Waals surface area contributed by atoms with Crippen LogP contribution >= 0.6 is 0 Å². The molecule has 1 aromatic carbocycles. The molecule has 0 N–H and O–H groups in total. The van der Waals surface area contributed by atoms with Crippen LogP contribution in [-0.4, -0.2) is 19.5 Å². The van der Waals surface area contributed by atoms with Gasteiger partial charge < -0.3 is 4.74 Å². The van der Waals surface area contributed by atoms with Crippen molar-refractivity contribution in [2.45, 2.75) is 25.6 Å². The number of halogens is 3. The average Bonchev–Trinajstić information content (AvgIpc) is 2.31. The number of ether oxygens (including phenoxy) is 1. The molecule has 0 atom stereocenters. The number of piperidine rings is 1. The zero-order valence-electron chi connectivity index (χ0n) is 9.91. The molecule has 1 saturated heterocycles. The van der Waals surface area contributed by atoms with Gasteiger partial charge in [-0.3, -0.25) is 0 Å². The predicted molar refractivity (Wildman–Crippen MR) is 61.4 cm³/mol. The van der Waals surface area contributed by atoms with E-state index in [1.54, 1.807) is 12.1 Å². The summed E-state index contributed by atoms with van der Waals surface area (Å²) in [4.78, 5) is 0. The van der Waals surface area contributed by atoms with E-state index in [4.69, 9.17) is 0 Å². The summed E-state index contributed by atoms with van der Waals surface area (Å²) in [5.74, 6) is 0.432. The van der Waals surface area contributed by atoms with E-state index in [-0.39, 0.29) is 5.75 Å². The van der Waals surface area contributed by atoms with E-state index < -0.39 is 6.36 Å². The number of hydrogen-bond donors (Lipinski definition) is 0. The molecule has 0 bridgehead atoms. The van der Waals surface area contributed by atoms with Gasteiger partial charge in [0.25, 0.3) is 0 Å². The Morgan fingerprint density at radius 3 is 2.28 bits per heavy atom. The fraction of sp³-hybridized carbons (Fsp3) is 0.538. The monoisotopic (exact) mass is 258 g/mol. The van der Waals surface area contributed by atoms with Crippen LogP contribution in [0.5, 0.6) is 5.75 Å². The van der Waals surface area contributed by atoms with Crippen molar-refractivity contribution in [1.82, 2.24) is 5.32 Å². The first kappa shape index (κ1) is 13.2. The molecule has 5 heteroatoms. The van der Waals surface area contributed by atoms with Crippen LogP contribution < -0.4 is 10.1 Å². The van der Waals surface area contributed by atoms with E-state index in [1.807, 2.05) is 0 Å². The second-order valence-electron chi connectivity index (χ2n) is 4.51. The fourth-order valence-corrected chi connectivity index (χ4v) is 2.17. The minimum Gasteiger partial charge on any atom is -0.406 e. The Bertz CT molecular complexity index is 369. The largest absolute Gasteiger partial charge is 0.573 e. The summed E-state index contributed by atoms with van der Waals surface area (Å²) < 4.78 is 39.8. The first-order chi connectivity index (χ1) is 8.53. The topological polar surface area (TPSA) is 23.3 Å². The molecular weight excluding hydrogens is 243 g/mol. The van der Waals surface area contributed by atoms with Crippen molar-refractivity contribution in [2.75, 3.05) is 13.1 Å². The maximum Gasteiger partial charge on any atom is 0.573 e. The number of benzene rings is 1. The van der Waals surface area contributed by atoms with Gasteiger partial charge in [-0.1, -0.05) is 12.1 Å². The number of rotatable bonds is 3. The van der Waals surface area contributed by atoms with Crippen LogP contribution in [0, 0.1) is 5.92 Å². The van der Waals surface area contributed by atoms with Gasteiger partial charge in [0.2, 0.25) is 0 Å². The van der Waals surface area contributed by atoms with Crippen LogP contribution in [0.25, 0.3) is 0 Å². The van der Waals surface area contributed by atoms with Gasteiger partial charge in [0.1, 0.15) is 5.75 Å². The predicted octanol–water partition coefficient (Wildman–Crippen LogP) is 3.14. The Morgan fingerprint density at radius 2 is 1.72 bits per heavy atom. The third-order valence-electron chi connectivity index (χ3n) is 3.07. The standard InChI is InChI=1S/C13H15F3NO/c14-13(15,16)18-12-3-1-10(2-4-12)9-11-5-7-17-8-6-11/h1-4,11H,5-9H2. The second kappa shape index (κ2) is 5.61. The molecule has 2 rings (SSSR count). The van der Waals surface area contributed by atoms with Gasteiger partial charge in [0.05, 0.1) is 0 Å². The quantitative estimate of drug-likeness (QED) is 0.817. The van der Waals surface area contributed by atoms with E-state index in [0.29, 0.717) is 5.92 Å². The summed E-state index contributed by atoms with van der Waals surface area (Å²) in [6.07, 6.45) is -1.57. The Balaban J connectivity index is 1.90. The Labute approximate surface area is 104 Å². The summed E-state index contributed by atoms with van der Waals surface area (Å²) in [5.41, 5.74) is 1.05. The third-order valence-corrected chi connectivity index (χ3v) is 3.07. The highest BCUT2D eigenvalue weighted by Gasteiger charge is 2.30. The summed E-state index contributed by atoms with van der Waals surface area (Å²) in [5, 5.41) is 4.28.